The fraction of sp³-hybridized carbons (Fsp3) is 0.647. The van der Waals surface area contributed by atoms with E-state index in [1.807, 2.05) is 20.8 Å². The van der Waals surface area contributed by atoms with Crippen LogP contribution in [0.3, 0.4) is 0 Å². The Labute approximate surface area is 142 Å². The second kappa shape index (κ2) is 6.55. The molecule has 7 heteroatoms. The van der Waals surface area contributed by atoms with Crippen LogP contribution in [-0.2, 0) is 10.3 Å². The summed E-state index contributed by atoms with van der Waals surface area (Å²) in [6.07, 6.45) is 0.187. The van der Waals surface area contributed by atoms with E-state index in [1.54, 1.807) is 36.0 Å². The van der Waals surface area contributed by atoms with Crippen LogP contribution < -0.4 is 4.90 Å². The van der Waals surface area contributed by atoms with Gasteiger partial charge in [-0.1, -0.05) is 0 Å². The molecule has 0 aliphatic carbocycles. The number of carbonyl (C=O) groups is 1. The van der Waals surface area contributed by atoms with Crippen LogP contribution in [0.25, 0.3) is 0 Å². The molecule has 1 aromatic heterocycles. The van der Waals surface area contributed by atoms with E-state index in [4.69, 9.17) is 4.74 Å². The molecule has 24 heavy (non-hydrogen) atoms. The number of aromatic nitrogens is 1. The first-order valence-electron chi connectivity index (χ1n) is 8.06. The summed E-state index contributed by atoms with van der Waals surface area (Å²) >= 11 is 0. The Bertz CT molecular complexity index is 606. The Morgan fingerprint density at radius 2 is 1.92 bits per heavy atom. The van der Waals surface area contributed by atoms with E-state index in [2.05, 4.69) is 4.98 Å². The van der Waals surface area contributed by atoms with Crippen LogP contribution in [0, 0.1) is 5.95 Å². The van der Waals surface area contributed by atoms with Crippen molar-refractivity contribution in [3.63, 3.8) is 0 Å². The third-order valence-electron chi connectivity index (χ3n) is 4.03. The average molecular weight is 339 g/mol. The van der Waals surface area contributed by atoms with Gasteiger partial charge in [-0.3, -0.25) is 0 Å². The number of nitrogens with zero attached hydrogens (tertiary/aromatic N) is 3. The van der Waals surface area contributed by atoms with E-state index >= 15 is 0 Å². The predicted octanol–water partition coefficient (Wildman–Crippen LogP) is 2.51. The molecule has 1 aliphatic rings. The summed E-state index contributed by atoms with van der Waals surface area (Å²) in [6, 6.07) is 3.25. The third kappa shape index (κ3) is 4.14. The van der Waals surface area contributed by atoms with Crippen LogP contribution in [0.2, 0.25) is 0 Å². The Morgan fingerprint density at radius 3 is 2.38 bits per heavy atom. The SMILES string of the molecule is CN(C)c1ccc(C2(O)CCN(C(=O)OC(C)(C)C)CC2)nc1F. The molecule has 134 valence electrons. The lowest BCUT2D eigenvalue weighted by atomic mass is 9.88. The van der Waals surface area contributed by atoms with Crippen molar-refractivity contribution in [3.05, 3.63) is 23.8 Å². The molecule has 0 aromatic carbocycles. The number of rotatable bonds is 2. The average Bonchev–Trinajstić information content (AvgIpc) is 2.45. The number of hydrogen-bond donors (Lipinski definition) is 1. The Hall–Kier alpha value is -1.89. The van der Waals surface area contributed by atoms with Gasteiger partial charge in [0.2, 0.25) is 5.95 Å². The lowest BCUT2D eigenvalue weighted by Crippen LogP contribution is -2.47. The maximum Gasteiger partial charge on any atom is 0.410 e. The molecule has 0 bridgehead atoms. The highest BCUT2D eigenvalue weighted by Gasteiger charge is 2.38. The van der Waals surface area contributed by atoms with E-state index < -0.39 is 23.2 Å². The van der Waals surface area contributed by atoms with E-state index in [0.717, 1.165) is 0 Å². The first kappa shape index (κ1) is 18.4. The number of hydrogen-bond acceptors (Lipinski definition) is 5. The fourth-order valence-electron chi connectivity index (χ4n) is 2.66. The predicted molar refractivity (Wildman–Crippen MR) is 89.5 cm³/mol. The smallest absolute Gasteiger partial charge is 0.410 e. The summed E-state index contributed by atoms with van der Waals surface area (Å²) in [5.41, 5.74) is -1.12. The van der Waals surface area contributed by atoms with Gasteiger partial charge in [0, 0.05) is 27.2 Å². The fourth-order valence-corrected chi connectivity index (χ4v) is 2.66. The van der Waals surface area contributed by atoms with Gasteiger partial charge in [0.05, 0.1) is 11.4 Å². The molecule has 1 fully saturated rings. The number of amides is 1. The normalized spacial score (nSPS) is 17.5. The first-order chi connectivity index (χ1) is 11.0. The minimum absolute atomic E-state index is 0.292. The van der Waals surface area contributed by atoms with E-state index in [9.17, 15) is 14.3 Å². The second-order valence-electron chi connectivity index (χ2n) is 7.40. The maximum atomic E-state index is 14.1. The minimum Gasteiger partial charge on any atom is -0.444 e. The van der Waals surface area contributed by atoms with Gasteiger partial charge < -0.3 is 19.6 Å². The third-order valence-corrected chi connectivity index (χ3v) is 4.03. The zero-order valence-corrected chi connectivity index (χ0v) is 15.0. The van der Waals surface area contributed by atoms with Gasteiger partial charge in [0.1, 0.15) is 11.2 Å². The number of likely N-dealkylation sites (tertiary alicyclic amines) is 1. The van der Waals surface area contributed by atoms with Gasteiger partial charge in [0.15, 0.2) is 0 Å². The van der Waals surface area contributed by atoms with Crippen LogP contribution >= 0.6 is 0 Å². The zero-order valence-electron chi connectivity index (χ0n) is 15.0. The van der Waals surface area contributed by atoms with Crippen molar-refractivity contribution in [1.82, 2.24) is 9.88 Å². The molecule has 0 unspecified atom stereocenters. The van der Waals surface area contributed by atoms with Crippen molar-refractivity contribution in [2.24, 2.45) is 0 Å². The quantitative estimate of drug-likeness (QED) is 0.839. The number of anilines is 1. The van der Waals surface area contributed by atoms with Gasteiger partial charge in [-0.25, -0.2) is 9.78 Å². The molecule has 1 saturated heterocycles. The van der Waals surface area contributed by atoms with Crippen LogP contribution in [0.4, 0.5) is 14.9 Å². The zero-order chi connectivity index (χ0) is 18.1. The highest BCUT2D eigenvalue weighted by atomic mass is 19.1. The standard InChI is InChI=1S/C17H26FN3O3/c1-16(2,3)24-15(22)21-10-8-17(23,9-11-21)13-7-6-12(20(4)5)14(18)19-13/h6-7,23H,8-11H2,1-5H3. The molecule has 1 aromatic rings. The molecule has 0 spiro atoms. The summed E-state index contributed by atoms with van der Waals surface area (Å²) in [5.74, 6) is -0.611. The molecule has 2 rings (SSSR count). The van der Waals surface area contributed by atoms with E-state index in [-0.39, 0.29) is 0 Å². The number of halogens is 1. The van der Waals surface area contributed by atoms with Crippen LogP contribution in [-0.4, -0.2) is 53.9 Å². The summed E-state index contributed by atoms with van der Waals surface area (Å²) in [5, 5.41) is 10.8. The monoisotopic (exact) mass is 339 g/mol. The molecule has 0 saturated carbocycles. The molecule has 0 radical (unpaired) electrons. The van der Waals surface area contributed by atoms with Crippen LogP contribution in [0.5, 0.6) is 0 Å². The molecular weight excluding hydrogens is 313 g/mol. The molecule has 1 N–H and O–H groups in total. The number of aliphatic hydroxyl groups is 1. The van der Waals surface area contributed by atoms with Crippen molar-refractivity contribution in [2.75, 3.05) is 32.1 Å². The molecular formula is C17H26FN3O3. The van der Waals surface area contributed by atoms with Crippen LogP contribution in [0.1, 0.15) is 39.3 Å². The molecule has 6 nitrogen and oxygen atoms in total. The Morgan fingerprint density at radius 1 is 1.33 bits per heavy atom. The largest absolute Gasteiger partial charge is 0.444 e. The van der Waals surface area contributed by atoms with Crippen molar-refractivity contribution in [1.29, 1.82) is 0 Å². The number of ether oxygens (including phenoxy) is 1. The number of carbonyl (C=O) groups excluding carboxylic acids is 1. The van der Waals surface area contributed by atoms with Gasteiger partial charge >= 0.3 is 6.09 Å². The lowest BCUT2D eigenvalue weighted by molar-refractivity contribution is -0.0385. The van der Waals surface area contributed by atoms with Crippen molar-refractivity contribution >= 4 is 11.8 Å². The minimum atomic E-state index is -1.23. The summed E-state index contributed by atoms with van der Waals surface area (Å²) < 4.78 is 19.4. The van der Waals surface area contributed by atoms with Crippen molar-refractivity contribution in [2.45, 2.75) is 44.8 Å². The Kier molecular flexibility index (Phi) is 5.03. The highest BCUT2D eigenvalue weighted by molar-refractivity contribution is 5.68. The molecule has 2 heterocycles. The van der Waals surface area contributed by atoms with E-state index in [0.29, 0.717) is 37.3 Å². The number of piperidine rings is 1. The summed E-state index contributed by atoms with van der Waals surface area (Å²) in [6.45, 7) is 6.10. The summed E-state index contributed by atoms with van der Waals surface area (Å²) in [7, 11) is 3.46. The van der Waals surface area contributed by atoms with Crippen molar-refractivity contribution in [3.8, 4) is 0 Å². The van der Waals surface area contributed by atoms with Crippen molar-refractivity contribution < 1.29 is 19.0 Å². The Balaban J connectivity index is 2.07. The second-order valence-corrected chi connectivity index (χ2v) is 7.40. The van der Waals surface area contributed by atoms with Gasteiger partial charge in [-0.05, 0) is 45.7 Å². The van der Waals surface area contributed by atoms with Gasteiger partial charge in [0.25, 0.3) is 0 Å². The molecule has 0 atom stereocenters. The number of pyridine rings is 1. The van der Waals surface area contributed by atoms with Gasteiger partial charge in [-0.2, -0.15) is 4.39 Å². The highest BCUT2D eigenvalue weighted by Crippen LogP contribution is 2.33. The van der Waals surface area contributed by atoms with E-state index in [1.165, 1.54) is 0 Å². The van der Waals surface area contributed by atoms with Gasteiger partial charge in [-0.15, -0.1) is 0 Å². The topological polar surface area (TPSA) is 65.9 Å². The first-order valence-corrected chi connectivity index (χ1v) is 8.06. The van der Waals surface area contributed by atoms with Crippen LogP contribution in [0.15, 0.2) is 12.1 Å². The maximum absolute atomic E-state index is 14.1. The molecule has 1 amide bonds. The molecule has 1 aliphatic heterocycles. The lowest BCUT2D eigenvalue weighted by Gasteiger charge is -2.38. The summed E-state index contributed by atoms with van der Waals surface area (Å²) in [4.78, 5) is 19.2.